The molecule has 1 aromatic rings. The average Bonchev–Trinajstić information content (AvgIpc) is 2.39. The van der Waals surface area contributed by atoms with Gasteiger partial charge in [0, 0.05) is 31.7 Å². The van der Waals surface area contributed by atoms with Gasteiger partial charge in [-0.3, -0.25) is 4.90 Å². The van der Waals surface area contributed by atoms with Crippen LogP contribution >= 0.6 is 12.2 Å². The average molecular weight is 278 g/mol. The molecule has 0 unspecified atom stereocenters. The molecule has 0 aliphatic carbocycles. The quantitative estimate of drug-likeness (QED) is 0.734. The molecule has 3 nitrogen and oxygen atoms in total. The van der Waals surface area contributed by atoms with Crippen LogP contribution in [0.15, 0.2) is 30.3 Å². The van der Waals surface area contributed by atoms with Gasteiger partial charge in [-0.15, -0.1) is 0 Å². The third-order valence-corrected chi connectivity index (χ3v) is 3.78. The van der Waals surface area contributed by atoms with E-state index in [0.29, 0.717) is 5.17 Å². The van der Waals surface area contributed by atoms with Gasteiger partial charge in [0.1, 0.15) is 5.75 Å². The molecule has 0 spiro atoms. The van der Waals surface area contributed by atoms with Crippen molar-refractivity contribution in [1.82, 2.24) is 9.80 Å². The maximum Gasteiger partial charge on any atom is 0.264 e. The zero-order chi connectivity index (χ0) is 13.9. The van der Waals surface area contributed by atoms with Crippen LogP contribution in [0.4, 0.5) is 0 Å². The number of piperazine rings is 1. The minimum Gasteiger partial charge on any atom is -0.432 e. The summed E-state index contributed by atoms with van der Waals surface area (Å²) in [6, 6.07) is 9.73. The van der Waals surface area contributed by atoms with Crippen molar-refractivity contribution in [1.29, 1.82) is 0 Å². The van der Waals surface area contributed by atoms with E-state index in [1.807, 2.05) is 30.3 Å². The fourth-order valence-corrected chi connectivity index (χ4v) is 2.49. The minimum atomic E-state index is 0.230. The molecule has 0 radical (unpaired) electrons. The van der Waals surface area contributed by atoms with Gasteiger partial charge < -0.3 is 9.64 Å². The van der Waals surface area contributed by atoms with Gasteiger partial charge in [0.15, 0.2) is 0 Å². The second kappa shape index (κ2) is 5.88. The number of ether oxygens (including phenoxy) is 1. The third-order valence-electron chi connectivity index (χ3n) is 3.43. The number of hydrogen-bond donors (Lipinski definition) is 0. The van der Waals surface area contributed by atoms with Crippen molar-refractivity contribution in [3.63, 3.8) is 0 Å². The van der Waals surface area contributed by atoms with Crippen molar-refractivity contribution in [3.05, 3.63) is 30.3 Å². The van der Waals surface area contributed by atoms with Gasteiger partial charge in [-0.25, -0.2) is 0 Å². The Balaban J connectivity index is 1.86. The van der Waals surface area contributed by atoms with Crippen molar-refractivity contribution < 1.29 is 4.74 Å². The number of thiocarbonyl (C=S) groups is 1. The first-order chi connectivity index (χ1) is 8.97. The summed E-state index contributed by atoms with van der Waals surface area (Å²) in [4.78, 5) is 4.62. The summed E-state index contributed by atoms with van der Waals surface area (Å²) in [6.07, 6.45) is 0. The van der Waals surface area contributed by atoms with Gasteiger partial charge in [-0.1, -0.05) is 18.2 Å². The van der Waals surface area contributed by atoms with Crippen molar-refractivity contribution in [2.24, 2.45) is 0 Å². The molecule has 0 N–H and O–H groups in total. The first kappa shape index (κ1) is 14.3. The van der Waals surface area contributed by atoms with Gasteiger partial charge in [0.25, 0.3) is 5.17 Å². The van der Waals surface area contributed by atoms with E-state index in [9.17, 15) is 0 Å². The highest BCUT2D eigenvalue weighted by atomic mass is 32.1. The Morgan fingerprint density at radius 1 is 1.05 bits per heavy atom. The fourth-order valence-electron chi connectivity index (χ4n) is 2.21. The van der Waals surface area contributed by atoms with Gasteiger partial charge in [0.05, 0.1) is 0 Å². The molecule has 0 aromatic heterocycles. The monoisotopic (exact) mass is 278 g/mol. The zero-order valence-electron chi connectivity index (χ0n) is 11.9. The van der Waals surface area contributed by atoms with Crippen molar-refractivity contribution in [3.8, 4) is 5.75 Å². The number of rotatable bonds is 1. The number of hydrogen-bond acceptors (Lipinski definition) is 3. The molecule has 104 valence electrons. The van der Waals surface area contributed by atoms with Crippen LogP contribution in [-0.4, -0.2) is 46.7 Å². The summed E-state index contributed by atoms with van der Waals surface area (Å²) < 4.78 is 5.71. The molecule has 0 atom stereocenters. The van der Waals surface area contributed by atoms with Crippen LogP contribution in [-0.2, 0) is 0 Å². The standard InChI is InChI=1S/C15H22N2OS/c1-15(2,3)17-11-9-16(10-12-17)14(19)18-13-7-5-4-6-8-13/h4-8H,9-12H2,1-3H3. The Labute approximate surface area is 121 Å². The molecule has 0 bridgehead atoms. The molecular weight excluding hydrogens is 256 g/mol. The highest BCUT2D eigenvalue weighted by Gasteiger charge is 2.27. The van der Waals surface area contributed by atoms with Gasteiger partial charge in [-0.2, -0.15) is 0 Å². The Kier molecular flexibility index (Phi) is 4.42. The first-order valence-corrected chi connectivity index (χ1v) is 7.14. The van der Waals surface area contributed by atoms with Crippen LogP contribution in [0.2, 0.25) is 0 Å². The Hall–Kier alpha value is -1.13. The zero-order valence-corrected chi connectivity index (χ0v) is 12.7. The molecular formula is C15H22N2OS. The second-order valence-corrected chi connectivity index (χ2v) is 6.18. The number of para-hydroxylation sites is 1. The van der Waals surface area contributed by atoms with Crippen molar-refractivity contribution in [2.45, 2.75) is 26.3 Å². The molecule has 4 heteroatoms. The summed E-state index contributed by atoms with van der Waals surface area (Å²) >= 11 is 5.37. The maximum atomic E-state index is 5.71. The molecule has 2 rings (SSSR count). The van der Waals surface area contributed by atoms with Crippen molar-refractivity contribution in [2.75, 3.05) is 26.2 Å². The van der Waals surface area contributed by atoms with Crippen LogP contribution in [0.1, 0.15) is 20.8 Å². The summed E-state index contributed by atoms with van der Waals surface area (Å²) in [5.41, 5.74) is 0.230. The van der Waals surface area contributed by atoms with Gasteiger partial charge in [0.2, 0.25) is 0 Å². The molecule has 1 heterocycles. The highest BCUT2D eigenvalue weighted by molar-refractivity contribution is 7.80. The highest BCUT2D eigenvalue weighted by Crippen LogP contribution is 2.17. The Morgan fingerprint density at radius 2 is 1.63 bits per heavy atom. The van der Waals surface area contributed by atoms with E-state index in [2.05, 4.69) is 30.6 Å². The molecule has 19 heavy (non-hydrogen) atoms. The predicted octanol–water partition coefficient (Wildman–Crippen LogP) is 2.77. The summed E-state index contributed by atoms with van der Waals surface area (Å²) in [6.45, 7) is 10.7. The number of nitrogens with zero attached hydrogens (tertiary/aromatic N) is 2. The van der Waals surface area contributed by atoms with E-state index in [0.717, 1.165) is 31.9 Å². The molecule has 0 saturated carbocycles. The van der Waals surface area contributed by atoms with Crippen LogP contribution < -0.4 is 4.74 Å². The minimum absolute atomic E-state index is 0.230. The molecule has 0 amide bonds. The van der Waals surface area contributed by atoms with Gasteiger partial charge in [-0.05, 0) is 45.1 Å². The van der Waals surface area contributed by atoms with Crippen LogP contribution in [0.5, 0.6) is 5.75 Å². The summed E-state index contributed by atoms with van der Waals surface area (Å²) in [5.74, 6) is 0.811. The van der Waals surface area contributed by atoms with E-state index < -0.39 is 0 Å². The maximum absolute atomic E-state index is 5.71. The molecule has 1 saturated heterocycles. The largest absolute Gasteiger partial charge is 0.432 e. The van der Waals surface area contributed by atoms with E-state index >= 15 is 0 Å². The van der Waals surface area contributed by atoms with E-state index in [1.54, 1.807) is 0 Å². The van der Waals surface area contributed by atoms with Gasteiger partial charge >= 0.3 is 0 Å². The number of benzene rings is 1. The van der Waals surface area contributed by atoms with E-state index in [4.69, 9.17) is 17.0 Å². The molecule has 1 aliphatic rings. The first-order valence-electron chi connectivity index (χ1n) is 6.74. The van der Waals surface area contributed by atoms with Crippen LogP contribution in [0, 0.1) is 0 Å². The lowest BCUT2D eigenvalue weighted by Gasteiger charge is -2.42. The summed E-state index contributed by atoms with van der Waals surface area (Å²) in [5, 5.41) is 0.583. The molecule has 1 aromatic carbocycles. The lowest BCUT2D eigenvalue weighted by molar-refractivity contribution is 0.0841. The Morgan fingerprint density at radius 3 is 2.16 bits per heavy atom. The predicted molar refractivity (Wildman–Crippen MR) is 82.6 cm³/mol. The normalized spacial score (nSPS) is 17.3. The third kappa shape index (κ3) is 3.91. The van der Waals surface area contributed by atoms with E-state index in [1.165, 1.54) is 0 Å². The second-order valence-electron chi connectivity index (χ2n) is 5.83. The van der Waals surface area contributed by atoms with Crippen LogP contribution in [0.25, 0.3) is 0 Å². The SMILES string of the molecule is CC(C)(C)N1CCN(C(=S)Oc2ccccc2)CC1. The van der Waals surface area contributed by atoms with E-state index in [-0.39, 0.29) is 5.54 Å². The lowest BCUT2D eigenvalue weighted by atomic mass is 10.1. The molecule has 1 fully saturated rings. The topological polar surface area (TPSA) is 15.7 Å². The molecule has 1 aliphatic heterocycles. The lowest BCUT2D eigenvalue weighted by Crippen LogP contribution is -2.55. The van der Waals surface area contributed by atoms with Crippen LogP contribution in [0.3, 0.4) is 0 Å². The Bertz CT molecular complexity index is 420. The van der Waals surface area contributed by atoms with Crippen molar-refractivity contribution >= 4 is 17.4 Å². The smallest absolute Gasteiger partial charge is 0.264 e. The fraction of sp³-hybridized carbons (Fsp3) is 0.533. The summed E-state index contributed by atoms with van der Waals surface area (Å²) in [7, 11) is 0.